The summed E-state index contributed by atoms with van der Waals surface area (Å²) in [5.41, 5.74) is 1.53. The molecule has 0 aliphatic rings. The van der Waals surface area contributed by atoms with E-state index in [4.69, 9.17) is 10.4 Å². The molecule has 32 heavy (non-hydrogen) atoms. The van der Waals surface area contributed by atoms with Crippen LogP contribution < -0.4 is 10.9 Å². The highest BCUT2D eigenvalue weighted by Gasteiger charge is 2.16. The van der Waals surface area contributed by atoms with Crippen molar-refractivity contribution in [2.75, 3.05) is 18.5 Å². The number of fused-ring (bicyclic) bond motifs is 1. The van der Waals surface area contributed by atoms with Gasteiger partial charge in [0.05, 0.1) is 29.1 Å². The fourth-order valence-corrected chi connectivity index (χ4v) is 3.40. The van der Waals surface area contributed by atoms with E-state index in [0.717, 1.165) is 5.56 Å². The quantitative estimate of drug-likeness (QED) is 0.345. The van der Waals surface area contributed by atoms with Crippen LogP contribution in [-0.4, -0.2) is 33.0 Å². The molecule has 8 heteroatoms. The lowest BCUT2D eigenvalue weighted by Gasteiger charge is -2.12. The van der Waals surface area contributed by atoms with Crippen LogP contribution in [0.3, 0.4) is 0 Å². The van der Waals surface area contributed by atoms with Gasteiger partial charge in [-0.3, -0.25) is 4.79 Å². The molecular weight excluding hydrogens is 409 g/mol. The summed E-state index contributed by atoms with van der Waals surface area (Å²) >= 11 is 0. The van der Waals surface area contributed by atoms with E-state index >= 15 is 0 Å². The molecule has 0 spiro atoms. The predicted molar refractivity (Wildman–Crippen MR) is 120 cm³/mol. The third kappa shape index (κ3) is 4.33. The molecule has 2 aromatic carbocycles. The normalized spacial score (nSPS) is 10.8. The average Bonchev–Trinajstić information content (AvgIpc) is 2.82. The molecule has 0 saturated heterocycles. The zero-order chi connectivity index (χ0) is 22.5. The number of hydrogen-bond donors (Lipinski definition) is 2. The number of rotatable bonds is 7. The van der Waals surface area contributed by atoms with Crippen LogP contribution in [0.2, 0.25) is 0 Å². The minimum absolute atomic E-state index is 0.0320. The smallest absolute Gasteiger partial charge is 0.274 e. The highest BCUT2D eigenvalue weighted by atomic mass is 19.1. The van der Waals surface area contributed by atoms with Gasteiger partial charge in [0, 0.05) is 18.5 Å². The van der Waals surface area contributed by atoms with E-state index in [9.17, 15) is 9.18 Å². The lowest BCUT2D eigenvalue weighted by molar-refractivity contribution is 0.292. The number of benzene rings is 2. The largest absolute Gasteiger partial charge is 0.396 e. The number of aromatic nitrogens is 3. The number of aliphatic hydroxyl groups excluding tert-OH is 1. The van der Waals surface area contributed by atoms with Gasteiger partial charge in [0.15, 0.2) is 0 Å². The van der Waals surface area contributed by atoms with E-state index in [2.05, 4.69) is 21.5 Å². The van der Waals surface area contributed by atoms with Gasteiger partial charge in [-0.25, -0.2) is 9.67 Å². The Balaban J connectivity index is 1.78. The van der Waals surface area contributed by atoms with Crippen molar-refractivity contribution in [3.63, 3.8) is 0 Å². The SMILES string of the molecule is N#Cc1ccc(Cn2nc(-c3ccc(NCCCO)nc3F)c3ccccc3c2=O)cc1. The van der Waals surface area contributed by atoms with E-state index in [0.29, 0.717) is 40.8 Å². The van der Waals surface area contributed by atoms with Crippen LogP contribution in [0, 0.1) is 17.3 Å². The third-order valence-corrected chi connectivity index (χ3v) is 5.03. The maximum absolute atomic E-state index is 15.0. The number of nitrogens with one attached hydrogen (secondary N) is 1. The maximum atomic E-state index is 15.0. The summed E-state index contributed by atoms with van der Waals surface area (Å²) in [5, 5.41) is 26.3. The second-order valence-electron chi connectivity index (χ2n) is 7.20. The minimum atomic E-state index is -0.708. The number of aliphatic hydroxyl groups is 1. The van der Waals surface area contributed by atoms with Gasteiger partial charge in [0.25, 0.3) is 5.56 Å². The molecule has 0 bridgehead atoms. The van der Waals surface area contributed by atoms with Crippen LogP contribution in [0.1, 0.15) is 17.5 Å². The first-order valence-electron chi connectivity index (χ1n) is 10.1. The minimum Gasteiger partial charge on any atom is -0.396 e. The molecule has 4 rings (SSSR count). The first-order valence-corrected chi connectivity index (χ1v) is 10.1. The molecule has 0 saturated carbocycles. The monoisotopic (exact) mass is 429 g/mol. The summed E-state index contributed by atoms with van der Waals surface area (Å²) in [6.45, 7) is 0.682. The molecule has 7 nitrogen and oxygen atoms in total. The topological polar surface area (TPSA) is 104 Å². The van der Waals surface area contributed by atoms with E-state index in [-0.39, 0.29) is 24.3 Å². The van der Waals surface area contributed by atoms with Gasteiger partial charge in [-0.1, -0.05) is 30.3 Å². The number of halogens is 1. The van der Waals surface area contributed by atoms with Crippen molar-refractivity contribution < 1.29 is 9.50 Å². The predicted octanol–water partition coefficient (Wildman–Crippen LogP) is 3.31. The van der Waals surface area contributed by atoms with Crippen LogP contribution >= 0.6 is 0 Å². The molecule has 0 fully saturated rings. The average molecular weight is 429 g/mol. The third-order valence-electron chi connectivity index (χ3n) is 5.03. The number of nitrogens with zero attached hydrogens (tertiary/aromatic N) is 4. The molecule has 2 N–H and O–H groups in total. The Kier molecular flexibility index (Phi) is 6.19. The van der Waals surface area contributed by atoms with E-state index in [1.165, 1.54) is 4.68 Å². The van der Waals surface area contributed by atoms with Crippen LogP contribution in [0.25, 0.3) is 22.0 Å². The van der Waals surface area contributed by atoms with Crippen LogP contribution in [0.5, 0.6) is 0 Å². The van der Waals surface area contributed by atoms with Crippen molar-refractivity contribution in [3.05, 3.63) is 88.1 Å². The number of hydrogen-bond acceptors (Lipinski definition) is 6. The highest BCUT2D eigenvalue weighted by Crippen LogP contribution is 2.27. The standard InChI is InChI=1S/C24H20FN5O2/c25-23-20(10-11-21(28-23)27-12-3-13-31)22-18-4-1-2-5-19(18)24(32)30(29-22)15-17-8-6-16(14-26)7-9-17/h1-2,4-11,31H,3,12-13,15H2,(H,27,28). The fraction of sp³-hybridized carbons (Fsp3) is 0.167. The van der Waals surface area contributed by atoms with Crippen molar-refractivity contribution in [1.82, 2.24) is 14.8 Å². The van der Waals surface area contributed by atoms with Crippen LogP contribution in [0.15, 0.2) is 65.5 Å². The number of nitriles is 1. The number of pyridine rings is 1. The van der Waals surface area contributed by atoms with E-state index in [1.54, 1.807) is 60.7 Å². The van der Waals surface area contributed by atoms with Gasteiger partial charge in [-0.2, -0.15) is 14.8 Å². The fourth-order valence-electron chi connectivity index (χ4n) is 3.40. The summed E-state index contributed by atoms with van der Waals surface area (Å²) in [7, 11) is 0. The van der Waals surface area contributed by atoms with E-state index in [1.807, 2.05) is 0 Å². The summed E-state index contributed by atoms with van der Waals surface area (Å²) < 4.78 is 16.3. The molecule has 2 heterocycles. The van der Waals surface area contributed by atoms with E-state index < -0.39 is 5.95 Å². The van der Waals surface area contributed by atoms with Crippen molar-refractivity contribution in [3.8, 4) is 17.3 Å². The Bertz CT molecular complexity index is 1360. The molecule has 4 aromatic rings. The Morgan fingerprint density at radius 1 is 1.06 bits per heavy atom. The Labute approximate surface area is 183 Å². The van der Waals surface area contributed by atoms with Gasteiger partial charge >= 0.3 is 0 Å². The summed E-state index contributed by atoms with van der Waals surface area (Å²) in [4.78, 5) is 17.0. The second kappa shape index (κ2) is 9.37. The maximum Gasteiger partial charge on any atom is 0.274 e. The van der Waals surface area contributed by atoms with Gasteiger partial charge < -0.3 is 10.4 Å². The molecule has 0 aliphatic carbocycles. The lowest BCUT2D eigenvalue weighted by atomic mass is 10.1. The van der Waals surface area contributed by atoms with Gasteiger partial charge in [0.1, 0.15) is 11.5 Å². The molecule has 2 aromatic heterocycles. The zero-order valence-corrected chi connectivity index (χ0v) is 17.1. The van der Waals surface area contributed by atoms with Crippen molar-refractivity contribution >= 4 is 16.6 Å². The molecule has 0 radical (unpaired) electrons. The molecule has 160 valence electrons. The summed E-state index contributed by atoms with van der Waals surface area (Å²) in [5.74, 6) is -0.352. The molecule has 0 aliphatic heterocycles. The zero-order valence-electron chi connectivity index (χ0n) is 17.1. The van der Waals surface area contributed by atoms with Gasteiger partial charge in [-0.15, -0.1) is 0 Å². The van der Waals surface area contributed by atoms with Crippen molar-refractivity contribution in [2.45, 2.75) is 13.0 Å². The summed E-state index contributed by atoms with van der Waals surface area (Å²) in [6.07, 6.45) is 0.525. The first-order chi connectivity index (χ1) is 15.6. The van der Waals surface area contributed by atoms with Gasteiger partial charge in [-0.05, 0) is 42.3 Å². The molecule has 0 atom stereocenters. The lowest BCUT2D eigenvalue weighted by Crippen LogP contribution is -2.24. The Morgan fingerprint density at radius 3 is 2.50 bits per heavy atom. The molecule has 0 unspecified atom stereocenters. The highest BCUT2D eigenvalue weighted by molar-refractivity contribution is 5.93. The van der Waals surface area contributed by atoms with Gasteiger partial charge in [0.2, 0.25) is 5.95 Å². The molecule has 0 amide bonds. The van der Waals surface area contributed by atoms with Crippen molar-refractivity contribution in [1.29, 1.82) is 5.26 Å². The molecular formula is C24H20FN5O2. The van der Waals surface area contributed by atoms with Crippen LogP contribution in [0.4, 0.5) is 10.2 Å². The Morgan fingerprint density at radius 2 is 1.81 bits per heavy atom. The Hall–Kier alpha value is -4.09. The second-order valence-corrected chi connectivity index (χ2v) is 7.20. The summed E-state index contributed by atoms with van der Waals surface area (Å²) in [6, 6.07) is 19.1. The first kappa shape index (κ1) is 21.2. The van der Waals surface area contributed by atoms with Crippen LogP contribution in [-0.2, 0) is 6.54 Å². The van der Waals surface area contributed by atoms with Crippen molar-refractivity contribution in [2.24, 2.45) is 0 Å². The number of anilines is 1.